The zero-order valence-electron chi connectivity index (χ0n) is 19.1. The second-order valence-corrected chi connectivity index (χ2v) is 8.89. The fraction of sp³-hybridized carbons (Fsp3) is 0.346. The van der Waals surface area contributed by atoms with Gasteiger partial charge in [0.2, 0.25) is 5.43 Å². The average molecular weight is 434 g/mol. The van der Waals surface area contributed by atoms with E-state index in [-0.39, 0.29) is 18.0 Å². The van der Waals surface area contributed by atoms with E-state index < -0.39 is 5.60 Å². The molecule has 0 saturated heterocycles. The third-order valence-electron chi connectivity index (χ3n) is 6.32. The Hall–Kier alpha value is -3.41. The van der Waals surface area contributed by atoms with Crippen molar-refractivity contribution in [2.75, 3.05) is 14.2 Å². The molecule has 6 nitrogen and oxygen atoms in total. The van der Waals surface area contributed by atoms with Crippen molar-refractivity contribution in [1.29, 1.82) is 0 Å². The van der Waals surface area contributed by atoms with Crippen molar-refractivity contribution in [3.63, 3.8) is 0 Å². The van der Waals surface area contributed by atoms with Gasteiger partial charge in [-0.25, -0.2) is 0 Å². The van der Waals surface area contributed by atoms with Crippen LogP contribution in [0.5, 0.6) is 17.2 Å². The number of hydrogen-bond acceptors (Lipinski definition) is 6. The summed E-state index contributed by atoms with van der Waals surface area (Å²) in [5, 5.41) is 0. The summed E-state index contributed by atoms with van der Waals surface area (Å²) in [7, 11) is 3.13. The molecular weight excluding hydrogens is 408 g/mol. The van der Waals surface area contributed by atoms with E-state index in [2.05, 4.69) is 6.92 Å². The summed E-state index contributed by atoms with van der Waals surface area (Å²) in [6.45, 7) is 8.28. The standard InChI is InChI=1S/C26H26O6/c1-13-9-17-23(27)22-16-10-19(28-5)20(29-6)11-18(16)30-12-21(22)31-25(17)15-7-8-26(3,4)32-24(15)14(13)2/h7-11,14H,12H2,1-6H3/t14-/m0/s1. The predicted octanol–water partition coefficient (Wildman–Crippen LogP) is 5.35. The van der Waals surface area contributed by atoms with Crippen LogP contribution in [0.4, 0.5) is 0 Å². The van der Waals surface area contributed by atoms with Crippen molar-refractivity contribution in [3.8, 4) is 28.4 Å². The van der Waals surface area contributed by atoms with Gasteiger partial charge in [-0.1, -0.05) is 12.5 Å². The van der Waals surface area contributed by atoms with Crippen LogP contribution in [0.1, 0.15) is 44.8 Å². The molecular formula is C26H26O6. The normalized spacial score (nSPS) is 19.9. The fourth-order valence-electron chi connectivity index (χ4n) is 4.42. The van der Waals surface area contributed by atoms with Gasteiger partial charge in [0.15, 0.2) is 17.3 Å². The van der Waals surface area contributed by atoms with Gasteiger partial charge in [0.05, 0.1) is 30.9 Å². The van der Waals surface area contributed by atoms with Crippen molar-refractivity contribution in [2.45, 2.75) is 39.9 Å². The van der Waals surface area contributed by atoms with Crippen LogP contribution in [0, 0.1) is 5.92 Å². The molecule has 1 aromatic heterocycles. The van der Waals surface area contributed by atoms with E-state index >= 15 is 0 Å². The number of benzene rings is 1. The summed E-state index contributed by atoms with van der Waals surface area (Å²) in [5.74, 6) is 3.46. The highest BCUT2D eigenvalue weighted by Gasteiger charge is 2.35. The maximum Gasteiger partial charge on any atom is 0.201 e. The van der Waals surface area contributed by atoms with E-state index in [0.29, 0.717) is 45.5 Å². The molecule has 166 valence electrons. The quantitative estimate of drug-likeness (QED) is 0.635. The second kappa shape index (κ2) is 7.05. The molecule has 0 amide bonds. The van der Waals surface area contributed by atoms with Crippen molar-refractivity contribution < 1.29 is 23.4 Å². The third kappa shape index (κ3) is 2.97. The van der Waals surface area contributed by atoms with Crippen LogP contribution in [0.15, 0.2) is 44.8 Å². The van der Waals surface area contributed by atoms with Crippen LogP contribution in [-0.2, 0) is 11.3 Å². The molecule has 1 aromatic carbocycles. The fourth-order valence-corrected chi connectivity index (χ4v) is 4.42. The number of hydrogen-bond donors (Lipinski definition) is 0. The van der Waals surface area contributed by atoms with Crippen LogP contribution in [0.2, 0.25) is 0 Å². The number of allylic oxidation sites excluding steroid dienone is 3. The molecule has 0 bridgehead atoms. The SMILES string of the molecule is COc1cc2c(cc1OC)-c1c(oc3c(c1=O)C=C(C)[C@H](C)C1=C3C=CC(C)(C)O1)CO2. The van der Waals surface area contributed by atoms with Gasteiger partial charge in [-0.3, -0.25) is 4.79 Å². The number of methoxy groups -OCH3 is 2. The molecule has 3 heterocycles. The Morgan fingerprint density at radius 1 is 1.12 bits per heavy atom. The number of fused-ring (bicyclic) bond motifs is 5. The maximum absolute atomic E-state index is 13.9. The molecule has 0 radical (unpaired) electrons. The Labute approximate surface area is 186 Å². The summed E-state index contributed by atoms with van der Waals surface area (Å²) in [6.07, 6.45) is 5.91. The first-order chi connectivity index (χ1) is 15.2. The minimum Gasteiger partial charge on any atom is -0.493 e. The highest BCUT2D eigenvalue weighted by Crippen LogP contribution is 2.46. The smallest absolute Gasteiger partial charge is 0.201 e. The van der Waals surface area contributed by atoms with E-state index in [1.54, 1.807) is 26.4 Å². The molecule has 2 aliphatic heterocycles. The molecule has 0 N–H and O–H groups in total. The first-order valence-corrected chi connectivity index (χ1v) is 10.6. The lowest BCUT2D eigenvalue weighted by molar-refractivity contribution is 0.0625. The molecule has 2 aromatic rings. The summed E-state index contributed by atoms with van der Waals surface area (Å²) >= 11 is 0. The molecule has 0 spiro atoms. The zero-order valence-corrected chi connectivity index (χ0v) is 19.1. The van der Waals surface area contributed by atoms with Crippen LogP contribution in [0.25, 0.3) is 22.8 Å². The molecule has 5 rings (SSSR count). The molecule has 6 heteroatoms. The van der Waals surface area contributed by atoms with Crippen molar-refractivity contribution >= 4 is 11.6 Å². The first kappa shape index (κ1) is 20.5. The van der Waals surface area contributed by atoms with E-state index in [9.17, 15) is 4.79 Å². The molecule has 1 aliphatic carbocycles. The lowest BCUT2D eigenvalue weighted by Gasteiger charge is -2.32. The van der Waals surface area contributed by atoms with Crippen LogP contribution in [0.3, 0.4) is 0 Å². The van der Waals surface area contributed by atoms with Gasteiger partial charge in [-0.15, -0.1) is 0 Å². The molecule has 1 atom stereocenters. The Kier molecular flexibility index (Phi) is 4.52. The summed E-state index contributed by atoms with van der Waals surface area (Å²) in [4.78, 5) is 13.9. The van der Waals surface area contributed by atoms with Gasteiger partial charge in [0.25, 0.3) is 0 Å². The molecule has 0 saturated carbocycles. The lowest BCUT2D eigenvalue weighted by Crippen LogP contribution is -2.26. The summed E-state index contributed by atoms with van der Waals surface area (Å²) in [6, 6.07) is 3.51. The van der Waals surface area contributed by atoms with Gasteiger partial charge < -0.3 is 23.4 Å². The van der Waals surface area contributed by atoms with E-state index in [1.807, 2.05) is 39.0 Å². The topological polar surface area (TPSA) is 67.1 Å². The number of ether oxygens (including phenoxy) is 4. The largest absolute Gasteiger partial charge is 0.493 e. The van der Waals surface area contributed by atoms with Crippen LogP contribution in [-0.4, -0.2) is 19.8 Å². The Morgan fingerprint density at radius 3 is 2.56 bits per heavy atom. The Morgan fingerprint density at radius 2 is 1.84 bits per heavy atom. The molecule has 32 heavy (non-hydrogen) atoms. The minimum absolute atomic E-state index is 0.0149. The van der Waals surface area contributed by atoms with Gasteiger partial charge in [0.1, 0.15) is 29.5 Å². The summed E-state index contributed by atoms with van der Waals surface area (Å²) in [5.41, 5.74) is 2.96. The van der Waals surface area contributed by atoms with Crippen molar-refractivity contribution in [3.05, 3.63) is 62.9 Å². The first-order valence-electron chi connectivity index (χ1n) is 10.6. The molecule has 3 aliphatic rings. The monoisotopic (exact) mass is 434 g/mol. The number of rotatable bonds is 2. The zero-order chi connectivity index (χ0) is 22.8. The van der Waals surface area contributed by atoms with E-state index in [0.717, 1.165) is 16.9 Å². The molecule has 0 unspecified atom stereocenters. The van der Waals surface area contributed by atoms with Crippen molar-refractivity contribution in [1.82, 2.24) is 0 Å². The predicted molar refractivity (Wildman–Crippen MR) is 122 cm³/mol. The Bertz CT molecular complexity index is 1290. The van der Waals surface area contributed by atoms with Gasteiger partial charge in [-0.2, -0.15) is 0 Å². The average Bonchev–Trinajstić information content (AvgIpc) is 2.87. The van der Waals surface area contributed by atoms with Gasteiger partial charge >= 0.3 is 0 Å². The highest BCUT2D eigenvalue weighted by atomic mass is 16.5. The summed E-state index contributed by atoms with van der Waals surface area (Å²) < 4.78 is 29.5. The maximum atomic E-state index is 13.9. The Balaban J connectivity index is 1.79. The van der Waals surface area contributed by atoms with Gasteiger partial charge in [-0.05, 0) is 45.1 Å². The minimum atomic E-state index is -0.427. The highest BCUT2D eigenvalue weighted by molar-refractivity contribution is 5.85. The van der Waals surface area contributed by atoms with E-state index in [4.69, 9.17) is 23.4 Å². The lowest BCUT2D eigenvalue weighted by atomic mass is 9.93. The van der Waals surface area contributed by atoms with Crippen molar-refractivity contribution in [2.24, 2.45) is 5.92 Å². The van der Waals surface area contributed by atoms with Crippen LogP contribution < -0.4 is 19.6 Å². The van der Waals surface area contributed by atoms with Gasteiger partial charge in [0, 0.05) is 17.5 Å². The molecule has 0 fully saturated rings. The third-order valence-corrected chi connectivity index (χ3v) is 6.32. The van der Waals surface area contributed by atoms with E-state index in [1.165, 1.54) is 0 Å². The van der Waals surface area contributed by atoms with Crippen LogP contribution >= 0.6 is 0 Å². The second-order valence-electron chi connectivity index (χ2n) is 8.89.